The number of carbonyl (C=O) groups is 1. The molecule has 3 aromatic rings. The number of aromatic nitrogens is 2. The second kappa shape index (κ2) is 7.94. The summed E-state index contributed by atoms with van der Waals surface area (Å²) in [5, 5.41) is 3.96. The van der Waals surface area contributed by atoms with Crippen LogP contribution >= 0.6 is 11.8 Å². The molecule has 0 fully saturated rings. The molecule has 0 amide bonds. The average molecular weight is 349 g/mol. The van der Waals surface area contributed by atoms with E-state index in [1.165, 1.54) is 24.2 Å². The number of nitrogens with one attached hydrogen (secondary N) is 1. The molecule has 0 spiro atoms. The molecule has 1 N–H and O–H groups in total. The molecular formula is C20H19N3OS. The van der Waals surface area contributed by atoms with Gasteiger partial charge in [-0.1, -0.05) is 60.3 Å². The van der Waals surface area contributed by atoms with Gasteiger partial charge in [0.05, 0.1) is 5.56 Å². The van der Waals surface area contributed by atoms with Crippen LogP contribution in [-0.4, -0.2) is 22.0 Å². The first kappa shape index (κ1) is 17.2. The van der Waals surface area contributed by atoms with E-state index in [0.29, 0.717) is 16.5 Å². The SMILES string of the molecule is CSc1ncc(C(C)=O)c(Nc2ccccc2Cc2ccccc2)n1. The van der Waals surface area contributed by atoms with Crippen LogP contribution in [0.15, 0.2) is 66.0 Å². The van der Waals surface area contributed by atoms with E-state index in [9.17, 15) is 4.79 Å². The topological polar surface area (TPSA) is 54.9 Å². The van der Waals surface area contributed by atoms with Crippen LogP contribution in [0.3, 0.4) is 0 Å². The number of hydrogen-bond donors (Lipinski definition) is 1. The van der Waals surface area contributed by atoms with Crippen LogP contribution < -0.4 is 5.32 Å². The summed E-state index contributed by atoms with van der Waals surface area (Å²) >= 11 is 1.45. The van der Waals surface area contributed by atoms with Gasteiger partial charge >= 0.3 is 0 Å². The molecule has 0 saturated carbocycles. The van der Waals surface area contributed by atoms with Gasteiger partial charge < -0.3 is 5.32 Å². The van der Waals surface area contributed by atoms with E-state index in [2.05, 4.69) is 33.5 Å². The van der Waals surface area contributed by atoms with Crippen molar-refractivity contribution in [3.8, 4) is 0 Å². The quantitative estimate of drug-likeness (QED) is 0.396. The lowest BCUT2D eigenvalue weighted by molar-refractivity contribution is 0.101. The van der Waals surface area contributed by atoms with E-state index in [4.69, 9.17) is 0 Å². The molecule has 25 heavy (non-hydrogen) atoms. The van der Waals surface area contributed by atoms with Crippen LogP contribution in [0.4, 0.5) is 11.5 Å². The molecule has 5 heteroatoms. The third-order valence-electron chi connectivity index (χ3n) is 3.84. The van der Waals surface area contributed by atoms with Crippen molar-refractivity contribution in [2.45, 2.75) is 18.5 Å². The Bertz CT molecular complexity index is 881. The monoisotopic (exact) mass is 349 g/mol. The minimum absolute atomic E-state index is 0.0595. The average Bonchev–Trinajstić information content (AvgIpc) is 2.64. The third kappa shape index (κ3) is 4.25. The Labute approximate surface area is 151 Å². The number of nitrogens with zero attached hydrogens (tertiary/aromatic N) is 2. The van der Waals surface area contributed by atoms with E-state index >= 15 is 0 Å². The molecule has 0 saturated heterocycles. The summed E-state index contributed by atoms with van der Waals surface area (Å²) in [6.07, 6.45) is 4.30. The third-order valence-corrected chi connectivity index (χ3v) is 4.40. The number of ketones is 1. The molecule has 0 bridgehead atoms. The van der Waals surface area contributed by atoms with Crippen molar-refractivity contribution in [3.05, 3.63) is 77.5 Å². The lowest BCUT2D eigenvalue weighted by Gasteiger charge is -2.14. The highest BCUT2D eigenvalue weighted by molar-refractivity contribution is 7.98. The van der Waals surface area contributed by atoms with Gasteiger partial charge in [-0.3, -0.25) is 4.79 Å². The summed E-state index contributed by atoms with van der Waals surface area (Å²) in [6, 6.07) is 18.4. The molecule has 0 atom stereocenters. The van der Waals surface area contributed by atoms with Crippen LogP contribution in [-0.2, 0) is 6.42 Å². The van der Waals surface area contributed by atoms with Crippen molar-refractivity contribution >= 4 is 29.1 Å². The van der Waals surface area contributed by atoms with Crippen LogP contribution in [0.5, 0.6) is 0 Å². The van der Waals surface area contributed by atoms with Crippen LogP contribution in [0.25, 0.3) is 0 Å². The summed E-state index contributed by atoms with van der Waals surface area (Å²) in [7, 11) is 0. The zero-order valence-corrected chi connectivity index (χ0v) is 15.0. The van der Waals surface area contributed by atoms with Gasteiger partial charge in [0.25, 0.3) is 0 Å². The second-order valence-corrected chi connectivity index (χ2v) is 6.39. The Kier molecular flexibility index (Phi) is 5.46. The largest absolute Gasteiger partial charge is 0.339 e. The van der Waals surface area contributed by atoms with E-state index in [1.807, 2.05) is 42.7 Å². The van der Waals surface area contributed by atoms with Crippen LogP contribution in [0, 0.1) is 0 Å². The fourth-order valence-corrected chi connectivity index (χ4v) is 2.90. The van der Waals surface area contributed by atoms with Gasteiger partial charge in [0, 0.05) is 11.9 Å². The zero-order valence-electron chi connectivity index (χ0n) is 14.2. The van der Waals surface area contributed by atoms with Gasteiger partial charge in [-0.2, -0.15) is 0 Å². The number of benzene rings is 2. The maximum absolute atomic E-state index is 11.9. The molecular weight excluding hydrogens is 330 g/mol. The van der Waals surface area contributed by atoms with Crippen molar-refractivity contribution in [2.75, 3.05) is 11.6 Å². The standard InChI is InChI=1S/C20H19N3OS/c1-14(24)17-13-21-20(25-2)23-19(17)22-18-11-7-6-10-16(18)12-15-8-4-3-5-9-15/h3-11,13H,12H2,1-2H3,(H,21,22,23). The number of rotatable bonds is 6. The minimum atomic E-state index is -0.0595. The fraction of sp³-hybridized carbons (Fsp3) is 0.150. The highest BCUT2D eigenvalue weighted by Crippen LogP contribution is 2.25. The molecule has 2 aromatic carbocycles. The maximum atomic E-state index is 11.9. The Morgan fingerprint density at radius 2 is 1.80 bits per heavy atom. The molecule has 126 valence electrons. The molecule has 1 aromatic heterocycles. The first-order chi connectivity index (χ1) is 12.2. The molecule has 0 aliphatic rings. The molecule has 4 nitrogen and oxygen atoms in total. The summed E-state index contributed by atoms with van der Waals surface area (Å²) in [5.74, 6) is 0.489. The predicted molar refractivity (Wildman–Crippen MR) is 103 cm³/mol. The summed E-state index contributed by atoms with van der Waals surface area (Å²) in [6.45, 7) is 1.53. The Hall–Kier alpha value is -2.66. The lowest BCUT2D eigenvalue weighted by Crippen LogP contribution is -2.06. The van der Waals surface area contributed by atoms with E-state index in [-0.39, 0.29) is 5.78 Å². The van der Waals surface area contributed by atoms with Gasteiger partial charge in [0.1, 0.15) is 5.82 Å². The van der Waals surface area contributed by atoms with Crippen molar-refractivity contribution in [2.24, 2.45) is 0 Å². The van der Waals surface area contributed by atoms with E-state index in [0.717, 1.165) is 17.7 Å². The molecule has 1 heterocycles. The number of Topliss-reactive ketones (excluding diaryl/α,β-unsaturated/α-hetero) is 1. The summed E-state index contributed by atoms with van der Waals surface area (Å²) in [4.78, 5) is 20.6. The Balaban J connectivity index is 1.95. The minimum Gasteiger partial charge on any atom is -0.339 e. The van der Waals surface area contributed by atoms with Gasteiger partial charge in [0.2, 0.25) is 0 Å². The number of anilines is 2. The summed E-state index contributed by atoms with van der Waals surface area (Å²) in [5.41, 5.74) is 3.82. The van der Waals surface area contributed by atoms with Crippen molar-refractivity contribution in [1.29, 1.82) is 0 Å². The number of hydrogen-bond acceptors (Lipinski definition) is 5. The molecule has 0 unspecified atom stereocenters. The maximum Gasteiger partial charge on any atom is 0.189 e. The number of carbonyl (C=O) groups excluding carboxylic acids is 1. The second-order valence-electron chi connectivity index (χ2n) is 5.62. The molecule has 0 radical (unpaired) electrons. The van der Waals surface area contributed by atoms with Crippen LogP contribution in [0.2, 0.25) is 0 Å². The highest BCUT2D eigenvalue weighted by atomic mass is 32.2. The van der Waals surface area contributed by atoms with Gasteiger partial charge in [-0.15, -0.1) is 0 Å². The fourth-order valence-electron chi connectivity index (χ4n) is 2.56. The zero-order chi connectivity index (χ0) is 17.6. The lowest BCUT2D eigenvalue weighted by atomic mass is 10.0. The van der Waals surface area contributed by atoms with E-state index < -0.39 is 0 Å². The Morgan fingerprint density at radius 1 is 1.08 bits per heavy atom. The molecule has 0 aliphatic carbocycles. The predicted octanol–water partition coefficient (Wildman–Crippen LogP) is 4.74. The van der Waals surface area contributed by atoms with Crippen molar-refractivity contribution < 1.29 is 4.79 Å². The normalized spacial score (nSPS) is 10.5. The molecule has 3 rings (SSSR count). The molecule has 0 aliphatic heterocycles. The smallest absolute Gasteiger partial charge is 0.189 e. The van der Waals surface area contributed by atoms with Crippen molar-refractivity contribution in [3.63, 3.8) is 0 Å². The van der Waals surface area contributed by atoms with Gasteiger partial charge in [0.15, 0.2) is 10.9 Å². The first-order valence-electron chi connectivity index (χ1n) is 7.98. The summed E-state index contributed by atoms with van der Waals surface area (Å²) < 4.78 is 0. The number of thioether (sulfide) groups is 1. The first-order valence-corrected chi connectivity index (χ1v) is 9.20. The number of para-hydroxylation sites is 1. The highest BCUT2D eigenvalue weighted by Gasteiger charge is 2.13. The van der Waals surface area contributed by atoms with Crippen molar-refractivity contribution in [1.82, 2.24) is 9.97 Å². The van der Waals surface area contributed by atoms with E-state index in [1.54, 1.807) is 6.20 Å². The van der Waals surface area contributed by atoms with Crippen LogP contribution in [0.1, 0.15) is 28.4 Å². The van der Waals surface area contributed by atoms with Gasteiger partial charge in [-0.05, 0) is 36.8 Å². The Morgan fingerprint density at radius 3 is 2.52 bits per heavy atom. The van der Waals surface area contributed by atoms with Gasteiger partial charge in [-0.25, -0.2) is 9.97 Å².